The number of carbonyl (C=O) groups is 2. The van der Waals surface area contributed by atoms with E-state index in [9.17, 15) is 22.8 Å². The molecule has 0 rings (SSSR count). The second kappa shape index (κ2) is 4.08. The maximum absolute atomic E-state index is 11.5. The maximum Gasteiger partial charge on any atom is 0.449 e. The molecular formula is C6H8F3NO2. The molecule has 0 spiro atoms. The maximum atomic E-state index is 11.5. The van der Waals surface area contributed by atoms with Gasteiger partial charge in [0.1, 0.15) is 0 Å². The number of hydrogen-bond acceptors (Lipinski definition) is 2. The summed E-state index contributed by atoms with van der Waals surface area (Å²) in [4.78, 5) is 20.6. The van der Waals surface area contributed by atoms with Gasteiger partial charge in [-0.2, -0.15) is 13.2 Å². The van der Waals surface area contributed by atoms with Crippen molar-refractivity contribution < 1.29 is 22.8 Å². The van der Waals surface area contributed by atoms with Crippen LogP contribution >= 0.6 is 0 Å². The predicted molar refractivity (Wildman–Crippen MR) is 34.4 cm³/mol. The molecule has 0 saturated heterocycles. The summed E-state index contributed by atoms with van der Waals surface area (Å²) in [5.74, 6) is -2.45. The molecule has 0 radical (unpaired) electrons. The predicted octanol–water partition coefficient (Wildman–Crippen LogP) is 0.644. The summed E-state index contributed by atoms with van der Waals surface area (Å²) in [5, 5.41) is 2.11. The molecule has 0 fully saturated rings. The topological polar surface area (TPSA) is 46.2 Å². The van der Waals surface area contributed by atoms with Crippen molar-refractivity contribution in [2.75, 3.05) is 7.05 Å². The van der Waals surface area contributed by atoms with Crippen LogP contribution in [0, 0.1) is 0 Å². The van der Waals surface area contributed by atoms with Crippen LogP contribution in [-0.4, -0.2) is 24.9 Å². The third-order valence-corrected chi connectivity index (χ3v) is 1.17. The van der Waals surface area contributed by atoms with Crippen LogP contribution in [0.15, 0.2) is 0 Å². The zero-order valence-electron chi connectivity index (χ0n) is 6.36. The van der Waals surface area contributed by atoms with Crippen LogP contribution in [-0.2, 0) is 9.59 Å². The summed E-state index contributed by atoms with van der Waals surface area (Å²) >= 11 is 0. The third kappa shape index (κ3) is 3.95. The number of Topliss-reactive ketones (excluding diaryl/α,β-unsaturated/α-hetero) is 1. The normalized spacial score (nSPS) is 11.0. The van der Waals surface area contributed by atoms with Gasteiger partial charge in [0, 0.05) is 19.9 Å². The van der Waals surface area contributed by atoms with Gasteiger partial charge in [0.15, 0.2) is 0 Å². The lowest BCUT2D eigenvalue weighted by molar-refractivity contribution is -0.171. The molecular weight excluding hydrogens is 175 g/mol. The van der Waals surface area contributed by atoms with E-state index in [0.29, 0.717) is 0 Å². The molecule has 0 unspecified atom stereocenters. The molecule has 12 heavy (non-hydrogen) atoms. The second-order valence-electron chi connectivity index (χ2n) is 2.09. The van der Waals surface area contributed by atoms with Crippen molar-refractivity contribution in [1.82, 2.24) is 5.32 Å². The van der Waals surface area contributed by atoms with E-state index >= 15 is 0 Å². The van der Waals surface area contributed by atoms with Crippen molar-refractivity contribution in [1.29, 1.82) is 0 Å². The third-order valence-electron chi connectivity index (χ3n) is 1.17. The van der Waals surface area contributed by atoms with Gasteiger partial charge in [0.25, 0.3) is 0 Å². The highest BCUT2D eigenvalue weighted by atomic mass is 19.4. The van der Waals surface area contributed by atoms with E-state index in [1.807, 2.05) is 0 Å². The van der Waals surface area contributed by atoms with E-state index in [4.69, 9.17) is 0 Å². The SMILES string of the molecule is CNC(=O)CCC(=O)C(F)(F)F. The Morgan fingerprint density at radius 3 is 2.08 bits per heavy atom. The molecule has 0 bridgehead atoms. The Bertz CT molecular complexity index is 188. The molecule has 0 aromatic rings. The van der Waals surface area contributed by atoms with Gasteiger partial charge in [-0.1, -0.05) is 0 Å². The lowest BCUT2D eigenvalue weighted by atomic mass is 10.2. The summed E-state index contributed by atoms with van der Waals surface area (Å²) in [6.45, 7) is 0. The minimum absolute atomic E-state index is 0.422. The smallest absolute Gasteiger partial charge is 0.359 e. The van der Waals surface area contributed by atoms with Gasteiger partial charge in [-0.3, -0.25) is 9.59 Å². The Balaban J connectivity index is 3.81. The average Bonchev–Trinajstić information content (AvgIpc) is 1.97. The number of halogens is 3. The summed E-state index contributed by atoms with van der Waals surface area (Å²) < 4.78 is 34.6. The summed E-state index contributed by atoms with van der Waals surface area (Å²) in [5.41, 5.74) is 0. The largest absolute Gasteiger partial charge is 0.449 e. The number of carbonyl (C=O) groups excluding carboxylic acids is 2. The highest BCUT2D eigenvalue weighted by molar-refractivity contribution is 5.88. The average molecular weight is 183 g/mol. The Morgan fingerprint density at radius 1 is 1.25 bits per heavy atom. The first-order valence-electron chi connectivity index (χ1n) is 3.18. The van der Waals surface area contributed by atoms with Crippen LogP contribution in [0.5, 0.6) is 0 Å². The van der Waals surface area contributed by atoms with Crippen molar-refractivity contribution in [3.63, 3.8) is 0 Å². The lowest BCUT2D eigenvalue weighted by Gasteiger charge is -2.03. The highest BCUT2D eigenvalue weighted by Crippen LogP contribution is 2.18. The molecule has 0 saturated carbocycles. The van der Waals surface area contributed by atoms with Gasteiger partial charge < -0.3 is 5.32 Å². The second-order valence-corrected chi connectivity index (χ2v) is 2.09. The lowest BCUT2D eigenvalue weighted by Crippen LogP contribution is -2.25. The molecule has 0 aliphatic carbocycles. The van der Waals surface area contributed by atoms with Gasteiger partial charge in [-0.15, -0.1) is 0 Å². The molecule has 0 heterocycles. The van der Waals surface area contributed by atoms with Crippen LogP contribution in [0.3, 0.4) is 0 Å². The molecule has 0 aliphatic rings. The van der Waals surface area contributed by atoms with E-state index in [2.05, 4.69) is 5.32 Å². The molecule has 1 amide bonds. The zero-order valence-corrected chi connectivity index (χ0v) is 6.36. The van der Waals surface area contributed by atoms with Crippen LogP contribution in [0.2, 0.25) is 0 Å². The zero-order chi connectivity index (χ0) is 9.78. The summed E-state index contributed by atoms with van der Waals surface area (Å²) in [7, 11) is 1.29. The first-order valence-corrected chi connectivity index (χ1v) is 3.18. The number of amides is 1. The van der Waals surface area contributed by atoms with Crippen LogP contribution in [0.4, 0.5) is 13.2 Å². The molecule has 3 nitrogen and oxygen atoms in total. The van der Waals surface area contributed by atoms with Crippen molar-refractivity contribution in [2.45, 2.75) is 19.0 Å². The first-order chi connectivity index (χ1) is 5.38. The fourth-order valence-electron chi connectivity index (χ4n) is 0.494. The molecule has 70 valence electrons. The summed E-state index contributed by atoms with van der Waals surface area (Å²) in [6.07, 6.45) is -6.04. The molecule has 6 heteroatoms. The Hall–Kier alpha value is -1.07. The van der Waals surface area contributed by atoms with Crippen LogP contribution in [0.25, 0.3) is 0 Å². The molecule has 0 aromatic heterocycles. The van der Waals surface area contributed by atoms with E-state index in [0.717, 1.165) is 0 Å². The van der Waals surface area contributed by atoms with E-state index in [1.165, 1.54) is 7.05 Å². The van der Waals surface area contributed by atoms with Gasteiger partial charge >= 0.3 is 6.18 Å². The number of hydrogen-bond donors (Lipinski definition) is 1. The highest BCUT2D eigenvalue weighted by Gasteiger charge is 2.37. The van der Waals surface area contributed by atoms with Gasteiger partial charge in [-0.25, -0.2) is 0 Å². The number of rotatable bonds is 3. The van der Waals surface area contributed by atoms with Crippen molar-refractivity contribution >= 4 is 11.7 Å². The van der Waals surface area contributed by atoms with Gasteiger partial charge in [0.2, 0.25) is 11.7 Å². The Morgan fingerprint density at radius 2 is 1.75 bits per heavy atom. The minimum Gasteiger partial charge on any atom is -0.359 e. The molecule has 1 N–H and O–H groups in total. The monoisotopic (exact) mass is 183 g/mol. The molecule has 0 aromatic carbocycles. The van der Waals surface area contributed by atoms with Crippen molar-refractivity contribution in [3.05, 3.63) is 0 Å². The Kier molecular flexibility index (Phi) is 3.72. The molecule has 0 aliphatic heterocycles. The van der Waals surface area contributed by atoms with E-state index in [1.54, 1.807) is 0 Å². The first kappa shape index (κ1) is 10.9. The van der Waals surface area contributed by atoms with Gasteiger partial charge in [0.05, 0.1) is 0 Å². The number of ketones is 1. The Labute approximate surface area is 66.9 Å². The summed E-state index contributed by atoms with van der Waals surface area (Å²) in [6, 6.07) is 0. The van der Waals surface area contributed by atoms with Crippen LogP contribution in [0.1, 0.15) is 12.8 Å². The van der Waals surface area contributed by atoms with E-state index < -0.39 is 30.7 Å². The van der Waals surface area contributed by atoms with Gasteiger partial charge in [-0.05, 0) is 0 Å². The van der Waals surface area contributed by atoms with Crippen molar-refractivity contribution in [3.8, 4) is 0 Å². The standard InChI is InChI=1S/C6H8F3NO2/c1-10-5(12)3-2-4(11)6(7,8)9/h2-3H2,1H3,(H,10,12). The quantitative estimate of drug-likeness (QED) is 0.698. The number of alkyl halides is 3. The minimum atomic E-state index is -4.83. The molecule has 0 atom stereocenters. The number of nitrogens with one attached hydrogen (secondary N) is 1. The fourth-order valence-corrected chi connectivity index (χ4v) is 0.494. The van der Waals surface area contributed by atoms with Crippen molar-refractivity contribution in [2.24, 2.45) is 0 Å². The van der Waals surface area contributed by atoms with Crippen LogP contribution < -0.4 is 5.32 Å². The van der Waals surface area contributed by atoms with E-state index in [-0.39, 0.29) is 0 Å². The fraction of sp³-hybridized carbons (Fsp3) is 0.667.